The minimum atomic E-state index is -1.72. The number of nitrogens with one attached hydrogen (secondary N) is 2. The Hall–Kier alpha value is 0.920. The normalized spacial score (nSPS) is 11.1. The molecule has 0 aliphatic rings. The molecule has 0 bridgehead atoms. The minimum absolute atomic E-state index is 0. The number of aliphatic hydroxyl groups is 2. The number of nitrogens with two attached hydrogens (primary N) is 1. The van der Waals surface area contributed by atoms with E-state index < -0.39 is 5.91 Å². The summed E-state index contributed by atoms with van der Waals surface area (Å²) >= 11 is 0. The molecule has 10 heteroatoms. The Kier molecular flexibility index (Phi) is 58.1. The molecule has 0 spiro atoms. The lowest BCUT2D eigenvalue weighted by Crippen LogP contribution is -2.51. The molecular formula is C38H86Cl4N4O2. The number of nitrogens with zero attached hydrogens (tertiary/aromatic N) is 1. The number of rotatable bonds is 38. The second-order valence-corrected chi connectivity index (χ2v) is 13.6. The molecule has 0 radical (unpaired) electrons. The zero-order chi connectivity index (χ0) is 32.2. The Bertz CT molecular complexity index is 527. The zero-order valence-electron chi connectivity index (χ0n) is 31.8. The molecular weight excluding hydrogens is 686 g/mol. The van der Waals surface area contributed by atoms with Crippen LogP contribution in [0.1, 0.15) is 194 Å². The number of unbranched alkanes of at least 4 members (excludes halogenated alkanes) is 23. The van der Waals surface area contributed by atoms with Crippen LogP contribution in [0.4, 0.5) is 0 Å². The van der Waals surface area contributed by atoms with E-state index >= 15 is 0 Å². The van der Waals surface area contributed by atoms with E-state index in [-0.39, 0.29) is 49.6 Å². The van der Waals surface area contributed by atoms with E-state index in [0.29, 0.717) is 13.0 Å². The van der Waals surface area contributed by atoms with Gasteiger partial charge in [-0.25, -0.2) is 0 Å². The highest BCUT2D eigenvalue weighted by Crippen LogP contribution is 2.18. The van der Waals surface area contributed by atoms with E-state index in [9.17, 15) is 10.2 Å². The van der Waals surface area contributed by atoms with Crippen LogP contribution in [0, 0.1) is 0 Å². The van der Waals surface area contributed by atoms with Crippen molar-refractivity contribution in [2.75, 3.05) is 45.8 Å². The van der Waals surface area contributed by atoms with E-state index in [1.54, 1.807) is 0 Å². The maximum absolute atomic E-state index is 11.1. The van der Waals surface area contributed by atoms with Crippen molar-refractivity contribution in [3.8, 4) is 0 Å². The molecule has 0 unspecified atom stereocenters. The number of hydrogen-bond donors (Lipinski definition) is 5. The van der Waals surface area contributed by atoms with Crippen molar-refractivity contribution >= 4 is 49.6 Å². The molecule has 6 N–H and O–H groups in total. The standard InChI is InChI=1S/C38H82N4O2.4ClH/c1-3-5-7-9-11-13-15-17-19-21-23-27-36-42(37-28-24-22-20-18-16-14-12-10-8-6-4-2)38(43,44)30-35-41-33-26-25-32-40-34-29-31-39;;;;/h40-41,43-44H,3-37,39H2,1-2H3;4*1H. The third-order valence-electron chi connectivity index (χ3n) is 9.22. The Morgan fingerprint density at radius 1 is 0.417 bits per heavy atom. The maximum Gasteiger partial charge on any atom is 0.226 e. The van der Waals surface area contributed by atoms with Crippen LogP contribution in [-0.4, -0.2) is 66.8 Å². The van der Waals surface area contributed by atoms with E-state index in [2.05, 4.69) is 24.5 Å². The number of hydrogen-bond acceptors (Lipinski definition) is 6. The first-order valence-electron chi connectivity index (χ1n) is 19.9. The van der Waals surface area contributed by atoms with Crippen molar-refractivity contribution in [1.82, 2.24) is 15.5 Å². The summed E-state index contributed by atoms with van der Waals surface area (Å²) in [5, 5.41) is 29.0. The summed E-state index contributed by atoms with van der Waals surface area (Å²) in [4.78, 5) is 1.97. The SMILES string of the molecule is CCCCCCCCCCCCCCN(CCCCCCCCCCCCCC)C(O)(O)CCNCCCCNCCCN.Cl.Cl.Cl.Cl. The first kappa shape index (κ1) is 58.2. The Balaban J connectivity index is -0.00000154. The molecule has 0 aromatic rings. The van der Waals surface area contributed by atoms with E-state index in [1.165, 1.54) is 141 Å². The van der Waals surface area contributed by atoms with Crippen molar-refractivity contribution in [3.63, 3.8) is 0 Å². The summed E-state index contributed by atoms with van der Waals surface area (Å²) in [6, 6.07) is 0. The highest BCUT2D eigenvalue weighted by atomic mass is 35.5. The smallest absolute Gasteiger partial charge is 0.226 e. The predicted octanol–water partition coefficient (Wildman–Crippen LogP) is 10.7. The highest BCUT2D eigenvalue weighted by Gasteiger charge is 2.30. The molecule has 6 nitrogen and oxygen atoms in total. The Labute approximate surface area is 325 Å². The zero-order valence-corrected chi connectivity index (χ0v) is 35.1. The molecule has 0 aromatic heterocycles. The first-order chi connectivity index (χ1) is 21.6. The second-order valence-electron chi connectivity index (χ2n) is 13.6. The molecule has 0 aliphatic carbocycles. The maximum atomic E-state index is 11.1. The molecule has 0 saturated carbocycles. The van der Waals surface area contributed by atoms with Gasteiger partial charge in [0.2, 0.25) is 5.91 Å². The van der Waals surface area contributed by atoms with Gasteiger partial charge >= 0.3 is 0 Å². The van der Waals surface area contributed by atoms with Gasteiger partial charge in [0.1, 0.15) is 0 Å². The monoisotopic (exact) mass is 771 g/mol. The van der Waals surface area contributed by atoms with Gasteiger partial charge in [-0.15, -0.1) is 49.6 Å². The van der Waals surface area contributed by atoms with Crippen LogP contribution >= 0.6 is 49.6 Å². The van der Waals surface area contributed by atoms with Crippen LogP contribution in [0.15, 0.2) is 0 Å². The predicted molar refractivity (Wildman–Crippen MR) is 223 cm³/mol. The summed E-state index contributed by atoms with van der Waals surface area (Å²) in [6.07, 6.45) is 35.5. The fourth-order valence-electron chi connectivity index (χ4n) is 6.15. The van der Waals surface area contributed by atoms with Gasteiger partial charge in [0.25, 0.3) is 0 Å². The van der Waals surface area contributed by atoms with Gasteiger partial charge in [-0.2, -0.15) is 0 Å². The van der Waals surface area contributed by atoms with Gasteiger partial charge in [0.05, 0.1) is 0 Å². The quantitative estimate of drug-likeness (QED) is 0.0317. The summed E-state index contributed by atoms with van der Waals surface area (Å²) in [5.74, 6) is -1.72. The molecule has 0 aliphatic heterocycles. The topological polar surface area (TPSA) is 93.8 Å². The minimum Gasteiger partial charge on any atom is -0.353 e. The van der Waals surface area contributed by atoms with Crippen molar-refractivity contribution in [2.24, 2.45) is 5.73 Å². The van der Waals surface area contributed by atoms with Gasteiger partial charge in [-0.1, -0.05) is 155 Å². The molecule has 0 fully saturated rings. The van der Waals surface area contributed by atoms with Crippen molar-refractivity contribution < 1.29 is 10.2 Å². The summed E-state index contributed by atoms with van der Waals surface area (Å²) in [6.45, 7) is 10.5. The van der Waals surface area contributed by atoms with Gasteiger partial charge in [0.15, 0.2) is 0 Å². The third kappa shape index (κ3) is 43.1. The van der Waals surface area contributed by atoms with Crippen LogP contribution in [-0.2, 0) is 0 Å². The van der Waals surface area contributed by atoms with Gasteiger partial charge in [-0.05, 0) is 58.3 Å². The van der Waals surface area contributed by atoms with Crippen LogP contribution in [0.2, 0.25) is 0 Å². The Morgan fingerprint density at radius 2 is 0.708 bits per heavy atom. The van der Waals surface area contributed by atoms with Gasteiger partial charge in [-0.3, -0.25) is 4.90 Å². The lowest BCUT2D eigenvalue weighted by atomic mass is 10.0. The number of halogens is 4. The van der Waals surface area contributed by atoms with Crippen LogP contribution < -0.4 is 16.4 Å². The molecule has 0 amide bonds. The largest absolute Gasteiger partial charge is 0.353 e. The van der Waals surface area contributed by atoms with Crippen molar-refractivity contribution in [1.29, 1.82) is 0 Å². The van der Waals surface area contributed by atoms with Gasteiger partial charge < -0.3 is 26.6 Å². The van der Waals surface area contributed by atoms with E-state index in [1.807, 2.05) is 4.90 Å². The third-order valence-corrected chi connectivity index (χ3v) is 9.22. The molecule has 0 heterocycles. The fraction of sp³-hybridized carbons (Fsp3) is 1.00. The van der Waals surface area contributed by atoms with Crippen LogP contribution in [0.3, 0.4) is 0 Å². The molecule has 298 valence electrons. The molecule has 48 heavy (non-hydrogen) atoms. The van der Waals surface area contributed by atoms with E-state index in [0.717, 1.165) is 71.4 Å². The second kappa shape index (κ2) is 47.9. The summed E-state index contributed by atoms with van der Waals surface area (Å²) in [7, 11) is 0. The van der Waals surface area contributed by atoms with Crippen molar-refractivity contribution in [2.45, 2.75) is 200 Å². The fourth-order valence-corrected chi connectivity index (χ4v) is 6.15. The summed E-state index contributed by atoms with van der Waals surface area (Å²) in [5.41, 5.74) is 5.54. The first-order valence-corrected chi connectivity index (χ1v) is 19.9. The van der Waals surface area contributed by atoms with Crippen LogP contribution in [0.5, 0.6) is 0 Å². The molecule has 0 rings (SSSR count). The average Bonchev–Trinajstić information content (AvgIpc) is 3.01. The molecule has 0 aromatic carbocycles. The molecule has 0 atom stereocenters. The molecule has 0 saturated heterocycles. The van der Waals surface area contributed by atoms with Crippen LogP contribution in [0.25, 0.3) is 0 Å². The average molecular weight is 773 g/mol. The lowest BCUT2D eigenvalue weighted by molar-refractivity contribution is -0.267. The van der Waals surface area contributed by atoms with Gasteiger partial charge in [0, 0.05) is 26.1 Å². The highest BCUT2D eigenvalue weighted by molar-refractivity contribution is 5.86. The van der Waals surface area contributed by atoms with Crippen molar-refractivity contribution in [3.05, 3.63) is 0 Å². The van der Waals surface area contributed by atoms with E-state index in [4.69, 9.17) is 5.73 Å². The summed E-state index contributed by atoms with van der Waals surface area (Å²) < 4.78 is 0. The Morgan fingerprint density at radius 3 is 1.04 bits per heavy atom. The lowest BCUT2D eigenvalue weighted by Gasteiger charge is -2.35.